The molecular formula is C26H16F7NO7. The Morgan fingerprint density at radius 1 is 0.683 bits per heavy atom. The maximum Gasteiger partial charge on any atom is 0.416 e. The second-order valence-corrected chi connectivity index (χ2v) is 8.12. The number of anilines is 1. The lowest BCUT2D eigenvalue weighted by atomic mass is 10.1. The van der Waals surface area contributed by atoms with Crippen LogP contribution in [0.4, 0.5) is 36.4 Å². The Morgan fingerprint density at radius 2 is 1.15 bits per heavy atom. The van der Waals surface area contributed by atoms with E-state index in [0.717, 1.165) is 36.4 Å². The second kappa shape index (κ2) is 12.1. The van der Waals surface area contributed by atoms with E-state index in [1.54, 1.807) is 0 Å². The van der Waals surface area contributed by atoms with Crippen LogP contribution >= 0.6 is 0 Å². The van der Waals surface area contributed by atoms with Crippen LogP contribution in [0.1, 0.15) is 31.8 Å². The lowest BCUT2D eigenvalue weighted by Gasteiger charge is -2.24. The summed E-state index contributed by atoms with van der Waals surface area (Å²) in [7, 11) is 0. The number of carbonyl (C=O) groups excluding carboxylic acids is 3. The summed E-state index contributed by atoms with van der Waals surface area (Å²) >= 11 is 0. The van der Waals surface area contributed by atoms with Crippen LogP contribution in [0.25, 0.3) is 0 Å². The van der Waals surface area contributed by atoms with E-state index in [1.165, 1.54) is 12.1 Å². The van der Waals surface area contributed by atoms with Gasteiger partial charge in [-0.15, -0.1) is 0 Å². The number of benzene rings is 3. The van der Waals surface area contributed by atoms with Crippen molar-refractivity contribution in [1.82, 2.24) is 0 Å². The first-order chi connectivity index (χ1) is 19.1. The summed E-state index contributed by atoms with van der Waals surface area (Å²) in [5, 5.41) is 11.6. The maximum atomic E-state index is 14.1. The van der Waals surface area contributed by atoms with Crippen molar-refractivity contribution in [2.75, 3.05) is 5.32 Å². The Balaban J connectivity index is 1.98. The third-order valence-electron chi connectivity index (χ3n) is 5.23. The monoisotopic (exact) mass is 587 g/mol. The van der Waals surface area contributed by atoms with E-state index >= 15 is 0 Å². The van der Waals surface area contributed by atoms with E-state index in [0.29, 0.717) is 24.3 Å². The quantitative estimate of drug-likeness (QED) is 0.270. The molecule has 0 unspecified atom stereocenters. The van der Waals surface area contributed by atoms with Gasteiger partial charge in [-0.05, 0) is 48.5 Å². The number of nitrogens with one attached hydrogen (secondary N) is 1. The van der Waals surface area contributed by atoms with Gasteiger partial charge in [0.05, 0.1) is 27.9 Å². The Kier molecular flexibility index (Phi) is 9.00. The van der Waals surface area contributed by atoms with Crippen molar-refractivity contribution < 1.29 is 64.5 Å². The van der Waals surface area contributed by atoms with Gasteiger partial charge in [0, 0.05) is 0 Å². The third kappa shape index (κ3) is 7.80. The zero-order chi connectivity index (χ0) is 30.5. The first kappa shape index (κ1) is 30.6. The molecule has 8 nitrogen and oxygen atoms in total. The molecule has 2 N–H and O–H groups in total. The molecule has 0 radical (unpaired) electrons. The molecule has 0 heterocycles. The first-order valence-corrected chi connectivity index (χ1v) is 11.1. The number of hydrogen-bond donors (Lipinski definition) is 2. The zero-order valence-corrected chi connectivity index (χ0v) is 20.1. The van der Waals surface area contributed by atoms with Crippen molar-refractivity contribution in [3.8, 4) is 0 Å². The summed E-state index contributed by atoms with van der Waals surface area (Å²) in [6.07, 6.45) is -15.2. The van der Waals surface area contributed by atoms with Gasteiger partial charge in [-0.1, -0.05) is 24.3 Å². The highest BCUT2D eigenvalue weighted by Crippen LogP contribution is 2.31. The van der Waals surface area contributed by atoms with E-state index in [1.807, 2.05) is 5.32 Å². The highest BCUT2D eigenvalue weighted by atomic mass is 19.4. The topological polar surface area (TPSA) is 119 Å². The molecule has 0 saturated heterocycles. The molecule has 3 rings (SSSR count). The molecule has 1 amide bonds. The van der Waals surface area contributed by atoms with Gasteiger partial charge in [-0.25, -0.2) is 18.8 Å². The van der Waals surface area contributed by atoms with Crippen LogP contribution in [-0.2, 0) is 31.4 Å². The van der Waals surface area contributed by atoms with Crippen molar-refractivity contribution in [2.45, 2.75) is 24.6 Å². The number of carboxylic acids is 1. The SMILES string of the molecule is O=C(O[C@H](C(=O)O)[C@H](OC(=O)c1cccc(C(F)(F)F)c1)C(=O)Nc1ccccc1F)c1cccc(C(F)(F)F)c1. The van der Waals surface area contributed by atoms with E-state index in [-0.39, 0.29) is 0 Å². The van der Waals surface area contributed by atoms with E-state index in [4.69, 9.17) is 9.47 Å². The van der Waals surface area contributed by atoms with Gasteiger partial charge in [-0.3, -0.25) is 4.79 Å². The number of alkyl halides is 6. The van der Waals surface area contributed by atoms with Gasteiger partial charge in [0.2, 0.25) is 12.2 Å². The smallest absolute Gasteiger partial charge is 0.416 e. The van der Waals surface area contributed by atoms with Gasteiger partial charge < -0.3 is 19.9 Å². The minimum absolute atomic E-state index is 0.324. The number of carbonyl (C=O) groups is 4. The Morgan fingerprint density at radius 3 is 1.59 bits per heavy atom. The number of esters is 2. The number of aliphatic carboxylic acids is 1. The average Bonchev–Trinajstić information content (AvgIpc) is 2.90. The molecule has 0 aromatic heterocycles. The van der Waals surface area contributed by atoms with Gasteiger partial charge in [0.15, 0.2) is 0 Å². The molecule has 41 heavy (non-hydrogen) atoms. The van der Waals surface area contributed by atoms with Crippen molar-refractivity contribution in [3.63, 3.8) is 0 Å². The maximum absolute atomic E-state index is 14.1. The molecular weight excluding hydrogens is 571 g/mol. The molecule has 0 bridgehead atoms. The zero-order valence-electron chi connectivity index (χ0n) is 20.1. The molecule has 0 aliphatic carbocycles. The number of hydrogen-bond acceptors (Lipinski definition) is 6. The molecule has 3 aromatic rings. The number of ether oxygens (including phenoxy) is 2. The summed E-state index contributed by atoms with van der Waals surface area (Å²) in [5.41, 5.74) is -4.75. The van der Waals surface area contributed by atoms with Crippen LogP contribution in [0.15, 0.2) is 72.8 Å². The normalized spacial score (nSPS) is 13.0. The fourth-order valence-electron chi connectivity index (χ4n) is 3.27. The van der Waals surface area contributed by atoms with Crippen LogP contribution in [0.2, 0.25) is 0 Å². The van der Waals surface area contributed by atoms with Crippen molar-refractivity contribution >= 4 is 29.5 Å². The first-order valence-electron chi connectivity index (χ1n) is 11.1. The summed E-state index contributed by atoms with van der Waals surface area (Å²) in [6, 6.07) is 9.56. The fraction of sp³-hybridized carbons (Fsp3) is 0.154. The molecule has 2 atom stereocenters. The predicted octanol–water partition coefficient (Wildman–Crippen LogP) is 5.34. The molecule has 0 fully saturated rings. The van der Waals surface area contributed by atoms with Crippen LogP contribution in [-0.4, -0.2) is 41.1 Å². The minimum Gasteiger partial charge on any atom is -0.478 e. The molecule has 15 heteroatoms. The number of para-hydroxylation sites is 1. The summed E-state index contributed by atoms with van der Waals surface area (Å²) < 4.78 is 102. The molecule has 0 aliphatic heterocycles. The van der Waals surface area contributed by atoms with E-state index < -0.39 is 82.1 Å². The van der Waals surface area contributed by atoms with Gasteiger partial charge >= 0.3 is 30.3 Å². The minimum atomic E-state index is -4.90. The van der Waals surface area contributed by atoms with E-state index in [2.05, 4.69) is 0 Å². The van der Waals surface area contributed by atoms with Crippen LogP contribution in [0.5, 0.6) is 0 Å². The summed E-state index contributed by atoms with van der Waals surface area (Å²) in [6.45, 7) is 0. The second-order valence-electron chi connectivity index (χ2n) is 8.12. The third-order valence-corrected chi connectivity index (χ3v) is 5.23. The van der Waals surface area contributed by atoms with Crippen LogP contribution in [0.3, 0.4) is 0 Å². The lowest BCUT2D eigenvalue weighted by Crippen LogP contribution is -2.48. The Bertz CT molecular complexity index is 1470. The highest BCUT2D eigenvalue weighted by Gasteiger charge is 2.42. The van der Waals surface area contributed by atoms with Gasteiger partial charge in [0.1, 0.15) is 5.82 Å². The highest BCUT2D eigenvalue weighted by molar-refractivity contribution is 6.01. The molecule has 216 valence electrons. The lowest BCUT2D eigenvalue weighted by molar-refractivity contribution is -0.157. The van der Waals surface area contributed by atoms with Crippen molar-refractivity contribution in [1.29, 1.82) is 0 Å². The Labute approximate surface area is 225 Å². The average molecular weight is 587 g/mol. The van der Waals surface area contributed by atoms with Crippen molar-refractivity contribution in [3.05, 3.63) is 101 Å². The largest absolute Gasteiger partial charge is 0.478 e. The van der Waals surface area contributed by atoms with E-state index in [9.17, 15) is 55.0 Å². The molecule has 3 aromatic carbocycles. The molecule has 0 aliphatic rings. The standard InChI is InChI=1S/C26H16F7NO7/c27-17-9-1-2-10-18(17)34-21(35)19(40-23(38)13-5-3-7-15(11-13)25(28,29)30)20(22(36)37)41-24(39)14-6-4-8-16(12-14)26(31,32)33/h1-12,19-20H,(H,34,35)(H,36,37)/t19-,20-/m0/s1. The van der Waals surface area contributed by atoms with Gasteiger partial charge in [-0.2, -0.15) is 26.3 Å². The van der Waals surface area contributed by atoms with Crippen LogP contribution < -0.4 is 5.32 Å². The predicted molar refractivity (Wildman–Crippen MR) is 124 cm³/mol. The van der Waals surface area contributed by atoms with Crippen LogP contribution in [0, 0.1) is 5.82 Å². The number of carboxylic acid groups (broad SMARTS) is 1. The number of amides is 1. The summed E-state index contributed by atoms with van der Waals surface area (Å²) in [4.78, 5) is 50.3. The Hall–Kier alpha value is -4.95. The van der Waals surface area contributed by atoms with Gasteiger partial charge in [0.25, 0.3) is 5.91 Å². The van der Waals surface area contributed by atoms with Crippen molar-refractivity contribution in [2.24, 2.45) is 0 Å². The number of halogens is 7. The summed E-state index contributed by atoms with van der Waals surface area (Å²) in [5.74, 6) is -8.14. The molecule has 0 spiro atoms. The fourth-order valence-corrected chi connectivity index (χ4v) is 3.27. The molecule has 0 saturated carbocycles. The number of rotatable bonds is 8.